The lowest BCUT2D eigenvalue weighted by Gasteiger charge is -2.21. The summed E-state index contributed by atoms with van der Waals surface area (Å²) in [6, 6.07) is -1.23. The van der Waals surface area contributed by atoms with E-state index in [2.05, 4.69) is 5.32 Å². The molecule has 0 aliphatic carbocycles. The molecule has 0 aliphatic rings. The van der Waals surface area contributed by atoms with Crippen molar-refractivity contribution in [3.63, 3.8) is 0 Å². The first-order chi connectivity index (χ1) is 9.70. The van der Waals surface area contributed by atoms with E-state index >= 15 is 0 Å². The minimum atomic E-state index is -1.98. The van der Waals surface area contributed by atoms with Gasteiger partial charge in [0, 0.05) is 6.42 Å². The zero-order valence-electron chi connectivity index (χ0n) is 11.2. The quantitative estimate of drug-likeness (QED) is 0.199. The minimum Gasteiger partial charge on any atom is -0.480 e. The van der Waals surface area contributed by atoms with E-state index in [1.165, 1.54) is 0 Å². The smallest absolute Gasteiger partial charge is 0.320 e. The number of Topliss-reactive ketones (excluding diaryl/α,β-unsaturated/α-hetero) is 1. The molecule has 0 fully saturated rings. The lowest BCUT2D eigenvalue weighted by Crippen LogP contribution is -2.49. The zero-order chi connectivity index (χ0) is 16.6. The molecule has 21 heavy (non-hydrogen) atoms. The predicted octanol–water partition coefficient (Wildman–Crippen LogP) is -4.06. The van der Waals surface area contributed by atoms with Gasteiger partial charge in [-0.25, -0.2) is 0 Å². The summed E-state index contributed by atoms with van der Waals surface area (Å²) >= 11 is 0. The molecule has 0 aromatic carbocycles. The fraction of sp³-hybridized carbons (Fsp3) is 0.727. The molecule has 0 saturated carbocycles. The van der Waals surface area contributed by atoms with Crippen LogP contribution in [0.5, 0.6) is 0 Å². The van der Waals surface area contributed by atoms with Crippen LogP contribution in [0.15, 0.2) is 0 Å². The van der Waals surface area contributed by atoms with Crippen molar-refractivity contribution in [1.82, 2.24) is 5.32 Å². The highest BCUT2D eigenvalue weighted by Crippen LogP contribution is 2.02. The second-order valence-corrected chi connectivity index (χ2v) is 4.43. The maximum absolute atomic E-state index is 11.5. The summed E-state index contributed by atoms with van der Waals surface area (Å²) < 4.78 is 0. The summed E-state index contributed by atoms with van der Waals surface area (Å²) in [6.07, 6.45) is -5.92. The van der Waals surface area contributed by atoms with E-state index < -0.39 is 55.2 Å². The van der Waals surface area contributed by atoms with Crippen LogP contribution in [0.2, 0.25) is 0 Å². The standard InChI is InChI=1S/C11H20N2O8/c12-8(17)2-1-5(11(20)21)13-3-6(15)9(18)10(19)7(16)4-14/h5,7,9-10,13-14,16,18-19H,1-4H2,(H2,12,17)(H,20,21). The van der Waals surface area contributed by atoms with Gasteiger partial charge in [0.15, 0.2) is 5.78 Å². The van der Waals surface area contributed by atoms with Crippen LogP contribution in [0, 0.1) is 0 Å². The normalized spacial score (nSPS) is 16.8. The van der Waals surface area contributed by atoms with E-state index in [4.69, 9.17) is 21.1 Å². The van der Waals surface area contributed by atoms with E-state index in [1.54, 1.807) is 0 Å². The molecule has 0 heterocycles. The molecule has 0 rings (SSSR count). The molecule has 0 aromatic heterocycles. The van der Waals surface area contributed by atoms with Crippen LogP contribution >= 0.6 is 0 Å². The fourth-order valence-corrected chi connectivity index (χ4v) is 1.44. The summed E-state index contributed by atoms with van der Waals surface area (Å²) in [7, 11) is 0. The Morgan fingerprint density at radius 2 is 1.71 bits per heavy atom. The van der Waals surface area contributed by atoms with Crippen LogP contribution in [0.25, 0.3) is 0 Å². The molecule has 10 nitrogen and oxygen atoms in total. The van der Waals surface area contributed by atoms with Gasteiger partial charge in [-0.05, 0) is 6.42 Å². The molecule has 0 radical (unpaired) electrons. The van der Waals surface area contributed by atoms with Crippen molar-refractivity contribution in [3.05, 3.63) is 0 Å². The molecular formula is C11H20N2O8. The highest BCUT2D eigenvalue weighted by molar-refractivity contribution is 5.86. The molecular weight excluding hydrogens is 288 g/mol. The van der Waals surface area contributed by atoms with Crippen molar-refractivity contribution in [2.24, 2.45) is 5.73 Å². The van der Waals surface area contributed by atoms with Crippen LogP contribution in [0.3, 0.4) is 0 Å². The first kappa shape index (κ1) is 19.4. The SMILES string of the molecule is NC(=O)CCC(NCC(=O)C(O)C(O)C(O)CO)C(=O)O. The summed E-state index contributed by atoms with van der Waals surface area (Å²) in [5, 5.41) is 47.6. The Hall–Kier alpha value is -1.59. The fourth-order valence-electron chi connectivity index (χ4n) is 1.44. The zero-order valence-corrected chi connectivity index (χ0v) is 11.2. The number of carboxylic acid groups (broad SMARTS) is 1. The number of hydrogen-bond donors (Lipinski definition) is 7. The third kappa shape index (κ3) is 7.11. The largest absolute Gasteiger partial charge is 0.480 e. The van der Waals surface area contributed by atoms with Crippen LogP contribution in [0.4, 0.5) is 0 Å². The molecule has 0 aromatic rings. The molecule has 0 bridgehead atoms. The number of carbonyl (C=O) groups excluding carboxylic acids is 2. The summed E-state index contributed by atoms with van der Waals surface area (Å²) in [5.74, 6) is -2.98. The first-order valence-corrected chi connectivity index (χ1v) is 6.13. The van der Waals surface area contributed by atoms with Crippen molar-refractivity contribution in [2.75, 3.05) is 13.2 Å². The minimum absolute atomic E-state index is 0.143. The molecule has 0 spiro atoms. The van der Waals surface area contributed by atoms with Gasteiger partial charge in [0.1, 0.15) is 24.4 Å². The van der Waals surface area contributed by atoms with E-state index in [0.717, 1.165) is 0 Å². The Kier molecular flexibility index (Phi) is 8.66. The van der Waals surface area contributed by atoms with Crippen LogP contribution < -0.4 is 11.1 Å². The number of aliphatic carboxylic acids is 1. The number of hydrogen-bond acceptors (Lipinski definition) is 8. The monoisotopic (exact) mass is 308 g/mol. The molecule has 0 aliphatic heterocycles. The van der Waals surface area contributed by atoms with Gasteiger partial charge in [0.2, 0.25) is 5.91 Å². The summed E-state index contributed by atoms with van der Waals surface area (Å²) in [4.78, 5) is 33.0. The Labute approximate surface area is 120 Å². The van der Waals surface area contributed by atoms with Crippen LogP contribution in [-0.4, -0.2) is 80.7 Å². The van der Waals surface area contributed by atoms with Crippen molar-refractivity contribution < 1.29 is 39.9 Å². The molecule has 4 atom stereocenters. The van der Waals surface area contributed by atoms with E-state index in [1.807, 2.05) is 0 Å². The van der Waals surface area contributed by atoms with E-state index in [0.29, 0.717) is 0 Å². The van der Waals surface area contributed by atoms with Gasteiger partial charge < -0.3 is 31.3 Å². The van der Waals surface area contributed by atoms with Gasteiger partial charge in [-0.3, -0.25) is 19.7 Å². The average Bonchev–Trinajstić information content (AvgIpc) is 2.43. The second-order valence-electron chi connectivity index (χ2n) is 4.43. The Balaban J connectivity index is 4.41. The lowest BCUT2D eigenvalue weighted by molar-refractivity contribution is -0.141. The summed E-state index contributed by atoms with van der Waals surface area (Å²) in [5.41, 5.74) is 4.88. The molecule has 8 N–H and O–H groups in total. The summed E-state index contributed by atoms with van der Waals surface area (Å²) in [6.45, 7) is -1.46. The highest BCUT2D eigenvalue weighted by Gasteiger charge is 2.30. The molecule has 10 heteroatoms. The molecule has 1 amide bonds. The van der Waals surface area contributed by atoms with Gasteiger partial charge in [-0.1, -0.05) is 0 Å². The van der Waals surface area contributed by atoms with Crippen molar-refractivity contribution in [2.45, 2.75) is 37.2 Å². The number of rotatable bonds is 11. The highest BCUT2D eigenvalue weighted by atomic mass is 16.4. The van der Waals surface area contributed by atoms with Gasteiger partial charge in [-0.2, -0.15) is 0 Å². The number of amides is 1. The second kappa shape index (κ2) is 9.37. The number of nitrogens with two attached hydrogens (primary N) is 1. The van der Waals surface area contributed by atoms with E-state index in [-0.39, 0.29) is 12.8 Å². The number of carboxylic acids is 1. The van der Waals surface area contributed by atoms with Gasteiger partial charge in [0.25, 0.3) is 0 Å². The van der Waals surface area contributed by atoms with Gasteiger partial charge in [0.05, 0.1) is 13.2 Å². The molecule has 0 saturated heterocycles. The number of ketones is 1. The topological polar surface area (TPSA) is 190 Å². The lowest BCUT2D eigenvalue weighted by atomic mass is 10.0. The van der Waals surface area contributed by atoms with Crippen LogP contribution in [-0.2, 0) is 14.4 Å². The van der Waals surface area contributed by atoms with Crippen LogP contribution in [0.1, 0.15) is 12.8 Å². The number of carbonyl (C=O) groups is 3. The number of nitrogens with one attached hydrogen (secondary N) is 1. The maximum atomic E-state index is 11.5. The van der Waals surface area contributed by atoms with Gasteiger partial charge in [-0.15, -0.1) is 0 Å². The maximum Gasteiger partial charge on any atom is 0.320 e. The molecule has 4 unspecified atom stereocenters. The number of primary amides is 1. The third-order valence-electron chi connectivity index (χ3n) is 2.73. The van der Waals surface area contributed by atoms with Crippen molar-refractivity contribution in [3.8, 4) is 0 Å². The first-order valence-electron chi connectivity index (χ1n) is 6.13. The Morgan fingerprint density at radius 1 is 1.14 bits per heavy atom. The molecule has 122 valence electrons. The average molecular weight is 308 g/mol. The van der Waals surface area contributed by atoms with Crippen molar-refractivity contribution in [1.29, 1.82) is 0 Å². The Morgan fingerprint density at radius 3 is 2.14 bits per heavy atom. The Bertz CT molecular complexity index is 375. The van der Waals surface area contributed by atoms with Gasteiger partial charge >= 0.3 is 5.97 Å². The predicted molar refractivity (Wildman–Crippen MR) is 68.0 cm³/mol. The number of aliphatic hydroxyl groups excluding tert-OH is 4. The third-order valence-corrected chi connectivity index (χ3v) is 2.73. The number of aliphatic hydroxyl groups is 4. The van der Waals surface area contributed by atoms with Crippen molar-refractivity contribution >= 4 is 17.7 Å². The van der Waals surface area contributed by atoms with E-state index in [9.17, 15) is 24.6 Å².